The summed E-state index contributed by atoms with van der Waals surface area (Å²) >= 11 is 0. The van der Waals surface area contributed by atoms with E-state index in [1.807, 2.05) is 0 Å². The Kier molecular flexibility index (Phi) is 3.72. The molecular formula is C10H8F4O3. The van der Waals surface area contributed by atoms with E-state index in [4.69, 9.17) is 5.11 Å². The summed E-state index contributed by atoms with van der Waals surface area (Å²) in [5.41, 5.74) is -1.82. The maximum atomic E-state index is 13.1. The van der Waals surface area contributed by atoms with Gasteiger partial charge in [0.1, 0.15) is 5.82 Å². The van der Waals surface area contributed by atoms with Gasteiger partial charge in [-0.3, -0.25) is 4.79 Å². The maximum Gasteiger partial charge on any atom is 0.416 e. The van der Waals surface area contributed by atoms with Gasteiger partial charge in [0.2, 0.25) is 0 Å². The number of rotatable bonds is 3. The smallest absolute Gasteiger partial charge is 0.416 e. The van der Waals surface area contributed by atoms with Crippen molar-refractivity contribution in [1.82, 2.24) is 0 Å². The van der Waals surface area contributed by atoms with Crippen LogP contribution in [-0.4, -0.2) is 16.2 Å². The number of hydrogen-bond donors (Lipinski definition) is 2. The van der Waals surface area contributed by atoms with Crippen molar-refractivity contribution >= 4 is 5.97 Å². The zero-order valence-corrected chi connectivity index (χ0v) is 8.33. The van der Waals surface area contributed by atoms with E-state index >= 15 is 0 Å². The molecule has 0 bridgehead atoms. The molecule has 1 aromatic rings. The molecule has 0 amide bonds. The first kappa shape index (κ1) is 13.4. The zero-order chi connectivity index (χ0) is 13.2. The van der Waals surface area contributed by atoms with Crippen LogP contribution < -0.4 is 0 Å². The van der Waals surface area contributed by atoms with Crippen molar-refractivity contribution in [2.45, 2.75) is 18.7 Å². The molecular weight excluding hydrogens is 244 g/mol. The van der Waals surface area contributed by atoms with E-state index in [1.54, 1.807) is 0 Å². The molecule has 0 heterocycles. The van der Waals surface area contributed by atoms with Gasteiger partial charge in [0.15, 0.2) is 0 Å². The van der Waals surface area contributed by atoms with Crippen LogP contribution in [0.3, 0.4) is 0 Å². The van der Waals surface area contributed by atoms with Gasteiger partial charge in [0.25, 0.3) is 0 Å². The molecule has 94 valence electrons. The summed E-state index contributed by atoms with van der Waals surface area (Å²) in [7, 11) is 0. The van der Waals surface area contributed by atoms with Crippen molar-refractivity contribution in [3.05, 3.63) is 35.1 Å². The highest BCUT2D eigenvalue weighted by atomic mass is 19.4. The number of carboxylic acids is 1. The van der Waals surface area contributed by atoms with Crippen LogP contribution in [0.5, 0.6) is 0 Å². The Morgan fingerprint density at radius 3 is 2.41 bits per heavy atom. The predicted octanol–water partition coefficient (Wildman–Crippen LogP) is 2.35. The van der Waals surface area contributed by atoms with Crippen LogP contribution in [0.1, 0.15) is 23.7 Å². The lowest BCUT2D eigenvalue weighted by Gasteiger charge is -2.13. The fourth-order valence-electron chi connectivity index (χ4n) is 1.25. The maximum absolute atomic E-state index is 13.1. The largest absolute Gasteiger partial charge is 0.481 e. The van der Waals surface area contributed by atoms with E-state index in [0.29, 0.717) is 18.2 Å². The molecule has 3 nitrogen and oxygen atoms in total. The van der Waals surface area contributed by atoms with Crippen molar-refractivity contribution in [1.29, 1.82) is 0 Å². The Balaban J connectivity index is 3.10. The third-order valence-corrected chi connectivity index (χ3v) is 2.05. The third-order valence-electron chi connectivity index (χ3n) is 2.05. The van der Waals surface area contributed by atoms with Gasteiger partial charge in [0, 0.05) is 5.56 Å². The minimum absolute atomic E-state index is 0.406. The van der Waals surface area contributed by atoms with Crippen LogP contribution in [0.4, 0.5) is 17.6 Å². The average Bonchev–Trinajstić information content (AvgIpc) is 2.15. The van der Waals surface area contributed by atoms with E-state index < -0.39 is 41.6 Å². The van der Waals surface area contributed by atoms with Crippen molar-refractivity contribution in [2.24, 2.45) is 0 Å². The van der Waals surface area contributed by atoms with Gasteiger partial charge in [-0.15, -0.1) is 0 Å². The molecule has 1 atom stereocenters. The van der Waals surface area contributed by atoms with Crippen LogP contribution in [0.25, 0.3) is 0 Å². The molecule has 0 unspecified atom stereocenters. The number of aliphatic hydroxyl groups is 1. The molecule has 7 heteroatoms. The summed E-state index contributed by atoms with van der Waals surface area (Å²) in [4.78, 5) is 10.3. The molecule has 1 rings (SSSR count). The lowest BCUT2D eigenvalue weighted by Crippen LogP contribution is -2.11. The normalized spacial score (nSPS) is 13.5. The number of aliphatic carboxylic acids is 1. The van der Waals surface area contributed by atoms with E-state index in [2.05, 4.69) is 0 Å². The Labute approximate surface area is 93.3 Å². The molecule has 0 aliphatic rings. The summed E-state index contributed by atoms with van der Waals surface area (Å²) in [5, 5.41) is 17.6. The molecule has 0 fully saturated rings. The number of benzene rings is 1. The Bertz CT molecular complexity index is 428. The first-order valence-corrected chi connectivity index (χ1v) is 4.48. The number of halogens is 4. The van der Waals surface area contributed by atoms with Gasteiger partial charge in [0.05, 0.1) is 18.1 Å². The average molecular weight is 252 g/mol. The fraction of sp³-hybridized carbons (Fsp3) is 0.300. The summed E-state index contributed by atoms with van der Waals surface area (Å²) in [6.45, 7) is 0. The van der Waals surface area contributed by atoms with Crippen molar-refractivity contribution in [2.75, 3.05) is 0 Å². The van der Waals surface area contributed by atoms with Gasteiger partial charge in [-0.25, -0.2) is 4.39 Å². The molecule has 0 saturated carbocycles. The summed E-state index contributed by atoms with van der Waals surface area (Å²) in [6.07, 6.45) is -7.35. The van der Waals surface area contributed by atoms with Crippen molar-refractivity contribution in [3.63, 3.8) is 0 Å². The lowest BCUT2D eigenvalue weighted by molar-refractivity contribution is -0.139. The van der Waals surface area contributed by atoms with Crippen LogP contribution in [0.2, 0.25) is 0 Å². The third kappa shape index (κ3) is 3.42. The molecule has 2 N–H and O–H groups in total. The SMILES string of the molecule is O=C(O)C[C@H](O)c1cc(C(F)(F)F)ccc1F. The van der Waals surface area contributed by atoms with E-state index in [0.717, 1.165) is 0 Å². The number of hydrogen-bond acceptors (Lipinski definition) is 2. The van der Waals surface area contributed by atoms with E-state index in [9.17, 15) is 27.5 Å². The highest BCUT2D eigenvalue weighted by Crippen LogP contribution is 2.32. The highest BCUT2D eigenvalue weighted by molar-refractivity contribution is 5.67. The summed E-state index contributed by atoms with van der Waals surface area (Å²) in [6, 6.07) is 1.47. The zero-order valence-electron chi connectivity index (χ0n) is 8.33. The molecule has 0 aliphatic carbocycles. The van der Waals surface area contributed by atoms with Gasteiger partial charge < -0.3 is 10.2 Å². The van der Waals surface area contributed by atoms with Gasteiger partial charge in [-0.2, -0.15) is 13.2 Å². The lowest BCUT2D eigenvalue weighted by atomic mass is 10.0. The fourth-order valence-corrected chi connectivity index (χ4v) is 1.25. The minimum atomic E-state index is -4.68. The molecule has 1 aromatic carbocycles. The minimum Gasteiger partial charge on any atom is -0.481 e. The number of alkyl halides is 3. The van der Waals surface area contributed by atoms with Crippen molar-refractivity contribution < 1.29 is 32.6 Å². The second-order valence-electron chi connectivity index (χ2n) is 3.35. The highest BCUT2D eigenvalue weighted by Gasteiger charge is 2.32. The first-order valence-electron chi connectivity index (χ1n) is 4.48. The van der Waals surface area contributed by atoms with Gasteiger partial charge in [-0.05, 0) is 18.2 Å². The monoisotopic (exact) mass is 252 g/mol. The van der Waals surface area contributed by atoms with Gasteiger partial charge in [-0.1, -0.05) is 0 Å². The van der Waals surface area contributed by atoms with E-state index in [1.165, 1.54) is 0 Å². The molecule has 0 aliphatic heterocycles. The van der Waals surface area contributed by atoms with Crippen LogP contribution in [0, 0.1) is 5.82 Å². The number of carbonyl (C=O) groups is 1. The number of carboxylic acid groups (broad SMARTS) is 1. The topological polar surface area (TPSA) is 57.5 Å². The van der Waals surface area contributed by atoms with E-state index in [-0.39, 0.29) is 0 Å². The first-order chi connectivity index (χ1) is 7.71. The molecule has 0 radical (unpaired) electrons. The van der Waals surface area contributed by atoms with Crippen LogP contribution in [-0.2, 0) is 11.0 Å². The van der Waals surface area contributed by atoms with Gasteiger partial charge >= 0.3 is 12.1 Å². The van der Waals surface area contributed by atoms with Crippen LogP contribution in [0.15, 0.2) is 18.2 Å². The Hall–Kier alpha value is -1.63. The molecule has 0 saturated heterocycles. The number of aliphatic hydroxyl groups excluding tert-OH is 1. The van der Waals surface area contributed by atoms with Crippen LogP contribution >= 0.6 is 0 Å². The standard InChI is InChI=1S/C10H8F4O3/c11-7-2-1-5(10(12,13)14)3-6(7)8(15)4-9(16)17/h1-3,8,15H,4H2,(H,16,17)/t8-/m0/s1. The second kappa shape index (κ2) is 4.70. The molecule has 0 aromatic heterocycles. The Morgan fingerprint density at radius 2 is 1.94 bits per heavy atom. The summed E-state index contributed by atoms with van der Waals surface area (Å²) < 4.78 is 50.1. The Morgan fingerprint density at radius 1 is 1.35 bits per heavy atom. The second-order valence-corrected chi connectivity index (χ2v) is 3.35. The van der Waals surface area contributed by atoms with Crippen molar-refractivity contribution in [3.8, 4) is 0 Å². The quantitative estimate of drug-likeness (QED) is 0.812. The molecule has 17 heavy (non-hydrogen) atoms. The predicted molar refractivity (Wildman–Crippen MR) is 48.6 cm³/mol. The summed E-state index contributed by atoms with van der Waals surface area (Å²) in [5.74, 6) is -2.51. The molecule has 0 spiro atoms.